The normalized spacial score (nSPS) is 10.3. The highest BCUT2D eigenvalue weighted by Crippen LogP contribution is 2.30. The van der Waals surface area contributed by atoms with Crippen LogP contribution in [0.1, 0.15) is 19.4 Å². The van der Waals surface area contributed by atoms with Gasteiger partial charge in [-0.2, -0.15) is 0 Å². The topological polar surface area (TPSA) is 45.8 Å². The molecule has 21 heavy (non-hydrogen) atoms. The van der Waals surface area contributed by atoms with Crippen LogP contribution in [0.3, 0.4) is 0 Å². The first kappa shape index (κ1) is 18.1. The van der Waals surface area contributed by atoms with Crippen molar-refractivity contribution in [2.45, 2.75) is 20.8 Å². The zero-order chi connectivity index (χ0) is 15.8. The Morgan fingerprint density at radius 3 is 2.76 bits per heavy atom. The third kappa shape index (κ3) is 4.78. The molecule has 2 aromatic heterocycles. The smallest absolute Gasteiger partial charge is 0.197 e. The van der Waals surface area contributed by atoms with Crippen molar-refractivity contribution in [1.29, 1.82) is 0 Å². The SMILES string of the molecule is CC.Cc1csc2c(=S)cc(N(C)CCOCCO)oc12. The zero-order valence-corrected chi connectivity index (χ0v) is 14.6. The number of aliphatic hydroxyl groups is 1. The van der Waals surface area contributed by atoms with Crippen LogP contribution in [0.2, 0.25) is 0 Å². The van der Waals surface area contributed by atoms with Gasteiger partial charge in [0.15, 0.2) is 11.5 Å². The van der Waals surface area contributed by atoms with Gasteiger partial charge in [-0.15, -0.1) is 11.3 Å². The first-order valence-electron chi connectivity index (χ1n) is 7.05. The van der Waals surface area contributed by atoms with Gasteiger partial charge in [0.1, 0.15) is 0 Å². The number of aliphatic hydroxyl groups excluding tert-OH is 1. The van der Waals surface area contributed by atoms with E-state index in [0.717, 1.165) is 26.2 Å². The molecule has 0 fully saturated rings. The van der Waals surface area contributed by atoms with Gasteiger partial charge in [-0.3, -0.25) is 0 Å². The van der Waals surface area contributed by atoms with E-state index in [1.165, 1.54) is 0 Å². The van der Waals surface area contributed by atoms with E-state index in [4.69, 9.17) is 26.5 Å². The maximum Gasteiger partial charge on any atom is 0.197 e. The number of ether oxygens (including phenoxy) is 1. The largest absolute Gasteiger partial charge is 0.439 e. The van der Waals surface area contributed by atoms with Crippen LogP contribution in [0.4, 0.5) is 5.88 Å². The van der Waals surface area contributed by atoms with Gasteiger partial charge in [0, 0.05) is 25.2 Å². The second-order valence-electron chi connectivity index (χ2n) is 4.28. The standard InChI is InChI=1S/C13H17NO3S2.C2H6/c1-9-8-19-13-10(18)7-11(17-12(9)13)14(2)3-5-16-6-4-15;1-2/h7-8,15H,3-6H2,1-2H3;1-2H3. The van der Waals surface area contributed by atoms with Crippen LogP contribution in [0.5, 0.6) is 0 Å². The quantitative estimate of drug-likeness (QED) is 0.641. The minimum absolute atomic E-state index is 0.0461. The zero-order valence-electron chi connectivity index (χ0n) is 13.0. The number of hydrogen-bond donors (Lipinski definition) is 1. The predicted octanol–water partition coefficient (Wildman–Crippen LogP) is 4.00. The Morgan fingerprint density at radius 2 is 2.10 bits per heavy atom. The first-order chi connectivity index (χ1) is 10.1. The van der Waals surface area contributed by atoms with Crippen molar-refractivity contribution in [3.63, 3.8) is 0 Å². The van der Waals surface area contributed by atoms with E-state index < -0.39 is 0 Å². The molecular weight excluding hydrogens is 306 g/mol. The summed E-state index contributed by atoms with van der Waals surface area (Å²) in [6.45, 7) is 7.66. The van der Waals surface area contributed by atoms with Gasteiger partial charge >= 0.3 is 0 Å². The number of aryl methyl sites for hydroxylation is 1. The molecule has 2 rings (SSSR count). The summed E-state index contributed by atoms with van der Waals surface area (Å²) in [6, 6.07) is 1.87. The Hall–Kier alpha value is -0.950. The van der Waals surface area contributed by atoms with Crippen LogP contribution >= 0.6 is 23.6 Å². The maximum atomic E-state index is 8.64. The van der Waals surface area contributed by atoms with E-state index in [-0.39, 0.29) is 6.61 Å². The van der Waals surface area contributed by atoms with Crippen LogP contribution < -0.4 is 4.90 Å². The first-order valence-corrected chi connectivity index (χ1v) is 8.34. The highest BCUT2D eigenvalue weighted by molar-refractivity contribution is 7.72. The molecule has 0 aliphatic rings. The highest BCUT2D eigenvalue weighted by Gasteiger charge is 2.10. The summed E-state index contributed by atoms with van der Waals surface area (Å²) >= 11 is 7.00. The Morgan fingerprint density at radius 1 is 1.38 bits per heavy atom. The molecule has 6 heteroatoms. The lowest BCUT2D eigenvalue weighted by atomic mass is 10.3. The van der Waals surface area contributed by atoms with Crippen molar-refractivity contribution in [3.8, 4) is 0 Å². The van der Waals surface area contributed by atoms with Gasteiger partial charge in [-0.05, 0) is 12.3 Å². The average molecular weight is 329 g/mol. The third-order valence-electron chi connectivity index (χ3n) is 2.79. The molecule has 4 nitrogen and oxygen atoms in total. The van der Waals surface area contributed by atoms with Crippen LogP contribution in [-0.4, -0.2) is 38.5 Å². The van der Waals surface area contributed by atoms with Crippen LogP contribution in [0.15, 0.2) is 15.9 Å². The summed E-state index contributed by atoms with van der Waals surface area (Å²) in [7, 11) is 1.93. The molecule has 0 saturated heterocycles. The van der Waals surface area contributed by atoms with E-state index in [1.807, 2.05) is 38.8 Å². The Labute approximate surface area is 135 Å². The van der Waals surface area contributed by atoms with Gasteiger partial charge < -0.3 is 19.2 Å². The predicted molar refractivity (Wildman–Crippen MR) is 92.2 cm³/mol. The number of anilines is 1. The molecule has 0 aliphatic carbocycles. The molecule has 0 saturated carbocycles. The summed E-state index contributed by atoms with van der Waals surface area (Å²) in [5.74, 6) is 0.742. The minimum atomic E-state index is 0.0461. The van der Waals surface area contributed by atoms with E-state index in [0.29, 0.717) is 19.8 Å². The Bertz CT molecular complexity index is 606. The summed E-state index contributed by atoms with van der Waals surface area (Å²) in [5.41, 5.74) is 1.98. The molecule has 1 N–H and O–H groups in total. The number of thiophene rings is 1. The highest BCUT2D eigenvalue weighted by atomic mass is 32.1. The van der Waals surface area contributed by atoms with Crippen molar-refractivity contribution in [3.05, 3.63) is 21.5 Å². The molecule has 0 spiro atoms. The summed E-state index contributed by atoms with van der Waals surface area (Å²) in [4.78, 5) is 1.96. The van der Waals surface area contributed by atoms with Crippen LogP contribution in [0.25, 0.3) is 10.3 Å². The number of fused-ring (bicyclic) bond motifs is 1. The van der Waals surface area contributed by atoms with Crippen molar-refractivity contribution in [2.24, 2.45) is 0 Å². The minimum Gasteiger partial charge on any atom is -0.439 e. The third-order valence-corrected chi connectivity index (χ3v) is 4.35. The lowest BCUT2D eigenvalue weighted by Crippen LogP contribution is -2.23. The molecule has 2 aromatic rings. The van der Waals surface area contributed by atoms with E-state index in [1.54, 1.807) is 11.3 Å². The summed E-state index contributed by atoms with van der Waals surface area (Å²) < 4.78 is 13.0. The Balaban J connectivity index is 0.00000106. The van der Waals surface area contributed by atoms with Gasteiger partial charge in [-0.25, -0.2) is 0 Å². The lowest BCUT2D eigenvalue weighted by molar-refractivity contribution is 0.0968. The van der Waals surface area contributed by atoms with Crippen LogP contribution in [0, 0.1) is 11.4 Å². The Kier molecular flexibility index (Phi) is 7.88. The number of likely N-dealkylation sites (N-methyl/N-ethyl adjacent to an activating group) is 1. The van der Waals surface area contributed by atoms with Gasteiger partial charge in [-0.1, -0.05) is 26.1 Å². The fourth-order valence-electron chi connectivity index (χ4n) is 1.71. The van der Waals surface area contributed by atoms with Gasteiger partial charge in [0.05, 0.1) is 29.0 Å². The monoisotopic (exact) mass is 329 g/mol. The average Bonchev–Trinajstić information content (AvgIpc) is 2.88. The summed E-state index contributed by atoms with van der Waals surface area (Å²) in [6.07, 6.45) is 0. The fourth-order valence-corrected chi connectivity index (χ4v) is 2.93. The van der Waals surface area contributed by atoms with Crippen molar-refractivity contribution in [2.75, 3.05) is 38.3 Å². The summed E-state index contributed by atoms with van der Waals surface area (Å²) in [5, 5.41) is 10.7. The molecule has 0 unspecified atom stereocenters. The van der Waals surface area contributed by atoms with E-state index in [2.05, 4.69) is 5.38 Å². The molecule has 118 valence electrons. The molecule has 0 bridgehead atoms. The second kappa shape index (κ2) is 9.15. The van der Waals surface area contributed by atoms with Crippen LogP contribution in [-0.2, 0) is 4.74 Å². The molecule has 2 heterocycles. The van der Waals surface area contributed by atoms with Gasteiger partial charge in [0.2, 0.25) is 0 Å². The van der Waals surface area contributed by atoms with Crippen molar-refractivity contribution >= 4 is 39.7 Å². The van der Waals surface area contributed by atoms with Crippen molar-refractivity contribution < 1.29 is 14.3 Å². The van der Waals surface area contributed by atoms with Crippen molar-refractivity contribution in [1.82, 2.24) is 0 Å². The van der Waals surface area contributed by atoms with E-state index in [9.17, 15) is 0 Å². The molecule has 0 radical (unpaired) electrons. The molecular formula is C15H23NO3S2. The lowest BCUT2D eigenvalue weighted by Gasteiger charge is -2.17. The fraction of sp³-hybridized carbons (Fsp3) is 0.533. The maximum absolute atomic E-state index is 8.64. The number of nitrogens with zero attached hydrogens (tertiary/aromatic N) is 1. The molecule has 0 aromatic carbocycles. The van der Waals surface area contributed by atoms with E-state index >= 15 is 0 Å². The number of rotatable bonds is 6. The molecule has 0 aliphatic heterocycles. The molecule has 0 atom stereocenters. The second-order valence-corrected chi connectivity index (χ2v) is 5.60. The molecule has 0 amide bonds. The van der Waals surface area contributed by atoms with Gasteiger partial charge in [0.25, 0.3) is 0 Å². The number of hydrogen-bond acceptors (Lipinski definition) is 6.